The lowest BCUT2D eigenvalue weighted by atomic mass is 9.89. The summed E-state index contributed by atoms with van der Waals surface area (Å²) >= 11 is 0. The van der Waals surface area contributed by atoms with Crippen LogP contribution in [0.15, 0.2) is 42.0 Å². The van der Waals surface area contributed by atoms with Crippen molar-refractivity contribution in [2.45, 2.75) is 58.5 Å². The maximum atomic E-state index is 10.3. The fourth-order valence-corrected chi connectivity index (χ4v) is 2.47. The Bertz CT molecular complexity index is 468. The Morgan fingerprint density at radius 1 is 1.19 bits per heavy atom. The largest absolute Gasteiger partial charge is 0.391 e. The summed E-state index contributed by atoms with van der Waals surface area (Å²) in [5, 5.41) is 19.6. The predicted octanol–water partition coefficient (Wildman–Crippen LogP) is 4.82. The molecule has 0 aromatic heterocycles. The van der Waals surface area contributed by atoms with Gasteiger partial charge in [0.15, 0.2) is 0 Å². The lowest BCUT2D eigenvalue weighted by molar-refractivity contribution is 0.142. The summed E-state index contributed by atoms with van der Waals surface area (Å²) < 4.78 is 0. The van der Waals surface area contributed by atoms with E-state index in [9.17, 15) is 10.4 Å². The summed E-state index contributed by atoms with van der Waals surface area (Å²) in [7, 11) is 0. The molecule has 1 aromatic rings. The Hall–Kier alpha value is -1.59. The van der Waals surface area contributed by atoms with Crippen molar-refractivity contribution in [3.8, 4) is 6.07 Å². The van der Waals surface area contributed by atoms with Crippen LogP contribution in [0.2, 0.25) is 0 Å². The molecule has 2 heteroatoms. The number of allylic oxidation sites excluding steroid dienone is 2. The Labute approximate surface area is 129 Å². The second-order valence-electron chi connectivity index (χ2n) is 6.13. The molecule has 1 aromatic carbocycles. The molecule has 0 aliphatic rings. The van der Waals surface area contributed by atoms with Gasteiger partial charge >= 0.3 is 0 Å². The van der Waals surface area contributed by atoms with Crippen LogP contribution in [-0.2, 0) is 0 Å². The van der Waals surface area contributed by atoms with Gasteiger partial charge in [-0.25, -0.2) is 0 Å². The topological polar surface area (TPSA) is 44.0 Å². The number of nitriles is 1. The van der Waals surface area contributed by atoms with Gasteiger partial charge in [0.25, 0.3) is 0 Å². The first kappa shape index (κ1) is 17.5. The number of hydrogen-bond donors (Lipinski definition) is 1. The maximum absolute atomic E-state index is 10.3. The first-order chi connectivity index (χ1) is 10.0. The molecular weight excluding hydrogens is 258 g/mol. The summed E-state index contributed by atoms with van der Waals surface area (Å²) in [6.07, 6.45) is 5.56. The molecule has 1 rings (SSSR count). The summed E-state index contributed by atoms with van der Waals surface area (Å²) in [4.78, 5) is 0. The second-order valence-corrected chi connectivity index (χ2v) is 6.13. The van der Waals surface area contributed by atoms with E-state index in [1.807, 2.05) is 30.3 Å². The lowest BCUT2D eigenvalue weighted by Gasteiger charge is -2.19. The van der Waals surface area contributed by atoms with Crippen LogP contribution in [0.4, 0.5) is 0 Å². The molecule has 0 saturated carbocycles. The zero-order valence-electron chi connectivity index (χ0n) is 13.4. The summed E-state index contributed by atoms with van der Waals surface area (Å²) in [6, 6.07) is 11.8. The molecule has 3 atom stereocenters. The van der Waals surface area contributed by atoms with Crippen LogP contribution < -0.4 is 0 Å². The number of aliphatic hydroxyl groups excluding tert-OH is 1. The van der Waals surface area contributed by atoms with Crippen LogP contribution in [0, 0.1) is 17.2 Å². The molecule has 0 radical (unpaired) electrons. The van der Waals surface area contributed by atoms with Crippen molar-refractivity contribution in [3.63, 3.8) is 0 Å². The molecule has 21 heavy (non-hydrogen) atoms. The molecule has 114 valence electrons. The molecule has 0 spiro atoms. The van der Waals surface area contributed by atoms with Gasteiger partial charge in [-0.2, -0.15) is 5.26 Å². The van der Waals surface area contributed by atoms with Gasteiger partial charge in [-0.3, -0.25) is 0 Å². The van der Waals surface area contributed by atoms with Crippen LogP contribution >= 0.6 is 0 Å². The van der Waals surface area contributed by atoms with Crippen LogP contribution in [0.3, 0.4) is 0 Å². The molecular formula is C19H27NO. The van der Waals surface area contributed by atoms with Gasteiger partial charge < -0.3 is 5.11 Å². The third-order valence-corrected chi connectivity index (χ3v) is 3.85. The highest BCUT2D eigenvalue weighted by Crippen LogP contribution is 2.24. The minimum absolute atomic E-state index is 0.420. The third kappa shape index (κ3) is 6.60. The van der Waals surface area contributed by atoms with Gasteiger partial charge in [0.2, 0.25) is 0 Å². The zero-order chi connectivity index (χ0) is 15.7. The number of rotatable bonds is 8. The SMILES string of the molecule is CC(C)=CCCC(C)CCC(O)C(C#N)c1ccccc1. The van der Waals surface area contributed by atoms with Crippen molar-refractivity contribution in [3.05, 3.63) is 47.5 Å². The Balaban J connectivity index is 2.43. The molecule has 0 fully saturated rings. The normalized spacial score (nSPS) is 14.8. The van der Waals surface area contributed by atoms with Crippen LogP contribution in [0.1, 0.15) is 57.9 Å². The number of benzene rings is 1. The van der Waals surface area contributed by atoms with Gasteiger partial charge in [-0.15, -0.1) is 0 Å². The smallest absolute Gasteiger partial charge is 0.0971 e. The first-order valence-electron chi connectivity index (χ1n) is 7.80. The van der Waals surface area contributed by atoms with E-state index in [4.69, 9.17) is 0 Å². The summed E-state index contributed by atoms with van der Waals surface area (Å²) in [6.45, 7) is 6.45. The van der Waals surface area contributed by atoms with Crippen molar-refractivity contribution in [2.24, 2.45) is 5.92 Å². The fraction of sp³-hybridized carbons (Fsp3) is 0.526. The molecule has 0 bridgehead atoms. The minimum Gasteiger partial charge on any atom is -0.391 e. The lowest BCUT2D eigenvalue weighted by Crippen LogP contribution is -2.18. The van der Waals surface area contributed by atoms with Crippen LogP contribution in [-0.4, -0.2) is 11.2 Å². The minimum atomic E-state index is -0.580. The van der Waals surface area contributed by atoms with E-state index < -0.39 is 12.0 Å². The zero-order valence-corrected chi connectivity index (χ0v) is 13.4. The van der Waals surface area contributed by atoms with Crippen molar-refractivity contribution >= 4 is 0 Å². The summed E-state index contributed by atoms with van der Waals surface area (Å²) in [5.74, 6) is 0.154. The van der Waals surface area contributed by atoms with E-state index in [0.717, 1.165) is 24.8 Å². The van der Waals surface area contributed by atoms with Gasteiger partial charge in [0, 0.05) is 0 Å². The molecule has 2 nitrogen and oxygen atoms in total. The van der Waals surface area contributed by atoms with Crippen molar-refractivity contribution < 1.29 is 5.11 Å². The highest BCUT2D eigenvalue weighted by molar-refractivity contribution is 5.26. The van der Waals surface area contributed by atoms with E-state index in [1.54, 1.807) is 0 Å². The average Bonchev–Trinajstić information content (AvgIpc) is 2.46. The van der Waals surface area contributed by atoms with Crippen molar-refractivity contribution in [1.29, 1.82) is 5.26 Å². The van der Waals surface area contributed by atoms with Crippen LogP contribution in [0.5, 0.6) is 0 Å². The van der Waals surface area contributed by atoms with E-state index in [2.05, 4.69) is 32.9 Å². The van der Waals surface area contributed by atoms with E-state index in [-0.39, 0.29) is 0 Å². The monoisotopic (exact) mass is 285 g/mol. The third-order valence-electron chi connectivity index (χ3n) is 3.85. The molecule has 1 N–H and O–H groups in total. The predicted molar refractivity (Wildman–Crippen MR) is 87.9 cm³/mol. The number of hydrogen-bond acceptors (Lipinski definition) is 2. The molecule has 0 heterocycles. The summed E-state index contributed by atoms with van der Waals surface area (Å²) in [5.41, 5.74) is 2.26. The quantitative estimate of drug-likeness (QED) is 0.696. The standard InChI is InChI=1S/C19H27NO/c1-15(2)8-7-9-16(3)12-13-19(21)18(14-20)17-10-5-4-6-11-17/h4-6,8,10-11,16,18-19,21H,7,9,12-13H2,1-3H3. The highest BCUT2D eigenvalue weighted by Gasteiger charge is 2.21. The average molecular weight is 285 g/mol. The van der Waals surface area contributed by atoms with Gasteiger partial charge in [-0.1, -0.05) is 48.9 Å². The Morgan fingerprint density at radius 3 is 2.43 bits per heavy atom. The number of aliphatic hydroxyl groups is 1. The van der Waals surface area contributed by atoms with Gasteiger partial charge in [0.1, 0.15) is 0 Å². The second kappa shape index (κ2) is 9.37. The molecule has 0 aliphatic heterocycles. The first-order valence-corrected chi connectivity index (χ1v) is 7.80. The Kier molecular flexibility index (Phi) is 7.79. The molecule has 0 saturated heterocycles. The molecule has 3 unspecified atom stereocenters. The van der Waals surface area contributed by atoms with Gasteiger partial charge in [-0.05, 0) is 51.0 Å². The number of nitrogens with zero attached hydrogens (tertiary/aromatic N) is 1. The van der Waals surface area contributed by atoms with E-state index in [0.29, 0.717) is 12.3 Å². The fourth-order valence-electron chi connectivity index (χ4n) is 2.47. The maximum Gasteiger partial charge on any atom is 0.0971 e. The van der Waals surface area contributed by atoms with Gasteiger partial charge in [0.05, 0.1) is 18.1 Å². The van der Waals surface area contributed by atoms with E-state index in [1.165, 1.54) is 5.57 Å². The molecule has 0 aliphatic carbocycles. The van der Waals surface area contributed by atoms with Crippen molar-refractivity contribution in [1.82, 2.24) is 0 Å². The van der Waals surface area contributed by atoms with E-state index >= 15 is 0 Å². The highest BCUT2D eigenvalue weighted by atomic mass is 16.3. The molecule has 0 amide bonds. The Morgan fingerprint density at radius 2 is 1.86 bits per heavy atom. The van der Waals surface area contributed by atoms with Crippen LogP contribution in [0.25, 0.3) is 0 Å². The van der Waals surface area contributed by atoms with Crippen molar-refractivity contribution in [2.75, 3.05) is 0 Å².